The molecule has 1 fully saturated rings. The van der Waals surface area contributed by atoms with Crippen LogP contribution in [-0.4, -0.2) is 29.8 Å². The minimum atomic E-state index is -0.383. The first-order chi connectivity index (χ1) is 9.06. The van der Waals surface area contributed by atoms with Crippen LogP contribution in [0.15, 0.2) is 24.3 Å². The van der Waals surface area contributed by atoms with Crippen molar-refractivity contribution in [2.24, 2.45) is 5.92 Å². The minimum Gasteiger partial charge on any atom is -0.342 e. The lowest BCUT2D eigenvalue weighted by molar-refractivity contribution is -0.132. The van der Waals surface area contributed by atoms with E-state index in [4.69, 9.17) is 0 Å². The second-order valence-corrected chi connectivity index (χ2v) is 4.80. The lowest BCUT2D eigenvalue weighted by Crippen LogP contribution is -2.42. The molecule has 0 saturated carbocycles. The zero-order valence-electron chi connectivity index (χ0n) is 10.9. The van der Waals surface area contributed by atoms with Gasteiger partial charge < -0.3 is 10.2 Å². The van der Waals surface area contributed by atoms with E-state index in [1.54, 1.807) is 17.0 Å². The molecular formula is C14H17FN2O2. The summed E-state index contributed by atoms with van der Waals surface area (Å²) in [5.41, 5.74) is 0.449. The molecule has 4 nitrogen and oxygen atoms in total. The van der Waals surface area contributed by atoms with Gasteiger partial charge >= 0.3 is 0 Å². The number of halogens is 1. The van der Waals surface area contributed by atoms with Gasteiger partial charge in [0.25, 0.3) is 0 Å². The van der Waals surface area contributed by atoms with Gasteiger partial charge in [-0.3, -0.25) is 9.59 Å². The summed E-state index contributed by atoms with van der Waals surface area (Å²) in [6.07, 6.45) is 1.58. The smallest absolute Gasteiger partial charge is 0.229 e. The molecule has 0 bridgehead atoms. The molecule has 1 aliphatic rings. The number of hydrogen-bond acceptors (Lipinski definition) is 2. The van der Waals surface area contributed by atoms with E-state index in [1.165, 1.54) is 19.1 Å². The highest BCUT2D eigenvalue weighted by molar-refractivity contribution is 5.93. The Balaban J connectivity index is 1.98. The van der Waals surface area contributed by atoms with Crippen LogP contribution in [0.25, 0.3) is 0 Å². The van der Waals surface area contributed by atoms with E-state index >= 15 is 0 Å². The molecule has 1 aromatic carbocycles. The van der Waals surface area contributed by atoms with E-state index in [-0.39, 0.29) is 23.5 Å². The zero-order chi connectivity index (χ0) is 13.8. The quantitative estimate of drug-likeness (QED) is 0.888. The summed E-state index contributed by atoms with van der Waals surface area (Å²) in [5, 5.41) is 2.70. The number of piperidine rings is 1. The normalized spacial score (nSPS) is 19.1. The Morgan fingerprint density at radius 3 is 2.89 bits per heavy atom. The second-order valence-electron chi connectivity index (χ2n) is 4.80. The predicted molar refractivity (Wildman–Crippen MR) is 70.0 cm³/mol. The molecule has 2 rings (SSSR count). The second kappa shape index (κ2) is 5.82. The van der Waals surface area contributed by atoms with Crippen LogP contribution in [0, 0.1) is 11.7 Å². The summed E-state index contributed by atoms with van der Waals surface area (Å²) in [6, 6.07) is 5.80. The Hall–Kier alpha value is -1.91. The Morgan fingerprint density at radius 2 is 2.21 bits per heavy atom. The minimum absolute atomic E-state index is 0.0109. The molecule has 2 amide bonds. The molecule has 19 heavy (non-hydrogen) atoms. The molecule has 0 aliphatic carbocycles. The van der Waals surface area contributed by atoms with Crippen molar-refractivity contribution >= 4 is 17.5 Å². The van der Waals surface area contributed by atoms with Crippen LogP contribution in [0.2, 0.25) is 0 Å². The Labute approximate surface area is 111 Å². The molecule has 0 aromatic heterocycles. The third-order valence-electron chi connectivity index (χ3n) is 3.33. The van der Waals surface area contributed by atoms with Crippen molar-refractivity contribution in [1.29, 1.82) is 0 Å². The molecule has 102 valence electrons. The number of rotatable bonds is 2. The monoisotopic (exact) mass is 264 g/mol. The Kier molecular flexibility index (Phi) is 4.14. The van der Waals surface area contributed by atoms with Crippen LogP contribution in [0.5, 0.6) is 0 Å². The van der Waals surface area contributed by atoms with Crippen molar-refractivity contribution in [1.82, 2.24) is 4.90 Å². The van der Waals surface area contributed by atoms with E-state index in [9.17, 15) is 14.0 Å². The Morgan fingerprint density at radius 1 is 1.42 bits per heavy atom. The number of nitrogens with one attached hydrogen (secondary N) is 1. The van der Waals surface area contributed by atoms with E-state index < -0.39 is 0 Å². The lowest BCUT2D eigenvalue weighted by atomic mass is 9.97. The largest absolute Gasteiger partial charge is 0.342 e. The first kappa shape index (κ1) is 13.5. The van der Waals surface area contributed by atoms with Gasteiger partial charge in [0.15, 0.2) is 0 Å². The highest BCUT2D eigenvalue weighted by atomic mass is 19.1. The molecule has 5 heteroatoms. The third kappa shape index (κ3) is 3.53. The van der Waals surface area contributed by atoms with Crippen LogP contribution in [0.4, 0.5) is 10.1 Å². The zero-order valence-corrected chi connectivity index (χ0v) is 10.9. The van der Waals surface area contributed by atoms with E-state index in [2.05, 4.69) is 5.32 Å². The van der Waals surface area contributed by atoms with Crippen molar-refractivity contribution in [3.63, 3.8) is 0 Å². The van der Waals surface area contributed by atoms with Gasteiger partial charge in [-0.25, -0.2) is 4.39 Å². The molecule has 1 aromatic rings. The number of amides is 2. The molecule has 1 atom stereocenters. The van der Waals surface area contributed by atoms with Gasteiger partial charge in [-0.1, -0.05) is 6.07 Å². The van der Waals surface area contributed by atoms with Gasteiger partial charge in [0.2, 0.25) is 11.8 Å². The number of benzene rings is 1. The fourth-order valence-corrected chi connectivity index (χ4v) is 2.29. The topological polar surface area (TPSA) is 49.4 Å². The van der Waals surface area contributed by atoms with Crippen LogP contribution >= 0.6 is 0 Å². The summed E-state index contributed by atoms with van der Waals surface area (Å²) >= 11 is 0. The lowest BCUT2D eigenvalue weighted by Gasteiger charge is -2.31. The fourth-order valence-electron chi connectivity index (χ4n) is 2.29. The van der Waals surface area contributed by atoms with Crippen molar-refractivity contribution in [3.8, 4) is 0 Å². The van der Waals surface area contributed by atoms with Crippen LogP contribution in [0.3, 0.4) is 0 Å². The average Bonchev–Trinajstić information content (AvgIpc) is 2.39. The number of carbonyl (C=O) groups excluding carboxylic acids is 2. The molecule has 0 unspecified atom stereocenters. The summed E-state index contributed by atoms with van der Waals surface area (Å²) in [5.74, 6) is -0.771. The first-order valence-corrected chi connectivity index (χ1v) is 6.38. The fraction of sp³-hybridized carbons (Fsp3) is 0.429. The van der Waals surface area contributed by atoms with Gasteiger partial charge in [0.05, 0.1) is 5.92 Å². The van der Waals surface area contributed by atoms with Crippen molar-refractivity contribution in [2.45, 2.75) is 19.8 Å². The van der Waals surface area contributed by atoms with Gasteiger partial charge in [-0.2, -0.15) is 0 Å². The predicted octanol–water partition coefficient (Wildman–Crippen LogP) is 2.02. The van der Waals surface area contributed by atoms with Crippen LogP contribution in [-0.2, 0) is 9.59 Å². The van der Waals surface area contributed by atoms with Crippen molar-refractivity contribution < 1.29 is 14.0 Å². The molecule has 1 aliphatic heterocycles. The maximum absolute atomic E-state index is 13.0. The highest BCUT2D eigenvalue weighted by Crippen LogP contribution is 2.19. The highest BCUT2D eigenvalue weighted by Gasteiger charge is 2.26. The van der Waals surface area contributed by atoms with Gasteiger partial charge in [0.1, 0.15) is 5.82 Å². The Bertz CT molecular complexity index is 490. The SMILES string of the molecule is CC(=O)N1CCC[C@H](C(=O)Nc2cccc(F)c2)C1. The van der Waals surface area contributed by atoms with E-state index in [0.29, 0.717) is 18.8 Å². The molecule has 1 saturated heterocycles. The van der Waals surface area contributed by atoms with Gasteiger partial charge in [0, 0.05) is 25.7 Å². The van der Waals surface area contributed by atoms with Crippen LogP contribution < -0.4 is 5.32 Å². The third-order valence-corrected chi connectivity index (χ3v) is 3.33. The summed E-state index contributed by atoms with van der Waals surface area (Å²) in [7, 11) is 0. The maximum atomic E-state index is 13.0. The van der Waals surface area contributed by atoms with Gasteiger partial charge in [-0.15, -0.1) is 0 Å². The average molecular weight is 264 g/mol. The molecule has 1 heterocycles. The summed E-state index contributed by atoms with van der Waals surface area (Å²) in [6.45, 7) is 2.66. The van der Waals surface area contributed by atoms with E-state index in [0.717, 1.165) is 12.8 Å². The molecule has 1 N–H and O–H groups in total. The maximum Gasteiger partial charge on any atom is 0.229 e. The number of anilines is 1. The first-order valence-electron chi connectivity index (χ1n) is 6.38. The standard InChI is InChI=1S/C14H17FN2O2/c1-10(18)17-7-3-4-11(9-17)14(19)16-13-6-2-5-12(15)8-13/h2,5-6,8,11H,3-4,7,9H2,1H3,(H,16,19)/t11-/m0/s1. The van der Waals surface area contributed by atoms with Gasteiger partial charge in [-0.05, 0) is 31.0 Å². The number of carbonyl (C=O) groups is 2. The summed E-state index contributed by atoms with van der Waals surface area (Å²) < 4.78 is 13.0. The van der Waals surface area contributed by atoms with Crippen molar-refractivity contribution in [3.05, 3.63) is 30.1 Å². The van der Waals surface area contributed by atoms with Crippen molar-refractivity contribution in [2.75, 3.05) is 18.4 Å². The molecule has 0 radical (unpaired) electrons. The summed E-state index contributed by atoms with van der Waals surface area (Å²) in [4.78, 5) is 25.1. The number of likely N-dealkylation sites (tertiary alicyclic amines) is 1. The molecule has 0 spiro atoms. The van der Waals surface area contributed by atoms with Crippen LogP contribution in [0.1, 0.15) is 19.8 Å². The number of hydrogen-bond donors (Lipinski definition) is 1. The number of nitrogens with zero attached hydrogens (tertiary/aromatic N) is 1. The molecular weight excluding hydrogens is 247 g/mol. The van der Waals surface area contributed by atoms with E-state index in [1.807, 2.05) is 0 Å².